The number of carbonyl (C=O) groups is 1. The Labute approximate surface area is 177 Å². The van der Waals surface area contributed by atoms with Crippen LogP contribution in [0.2, 0.25) is 0 Å². The number of ketones is 1. The molecule has 2 aromatic carbocycles. The summed E-state index contributed by atoms with van der Waals surface area (Å²) in [5.74, 6) is 2.08. The van der Waals surface area contributed by atoms with Crippen LogP contribution in [-0.4, -0.2) is 40.8 Å². The standard InChI is InChI=1S/C23H29NO6/c1-7-14(20(25)15-9-10-17(24)18(12-15)30-8-2)11-16-13-19(26-3)22(28-5)23(29-6)21(16)27-4/h9-13H,7-8,24H2,1-6H3. The summed E-state index contributed by atoms with van der Waals surface area (Å²) in [5.41, 5.74) is 8.13. The third-order valence-corrected chi connectivity index (χ3v) is 4.60. The number of benzene rings is 2. The Bertz CT molecular complexity index is 936. The fraction of sp³-hybridized carbons (Fsp3) is 0.348. The molecule has 0 heterocycles. The summed E-state index contributed by atoms with van der Waals surface area (Å²) in [6.45, 7) is 4.23. The van der Waals surface area contributed by atoms with Gasteiger partial charge in [0.2, 0.25) is 11.5 Å². The van der Waals surface area contributed by atoms with Crippen molar-refractivity contribution in [3.63, 3.8) is 0 Å². The monoisotopic (exact) mass is 415 g/mol. The van der Waals surface area contributed by atoms with Gasteiger partial charge in [-0.25, -0.2) is 0 Å². The molecule has 0 aliphatic rings. The number of rotatable bonds is 10. The summed E-state index contributed by atoms with van der Waals surface area (Å²) in [4.78, 5) is 13.2. The summed E-state index contributed by atoms with van der Waals surface area (Å²) >= 11 is 0. The fourth-order valence-electron chi connectivity index (χ4n) is 3.12. The van der Waals surface area contributed by atoms with Crippen molar-refractivity contribution in [2.45, 2.75) is 20.3 Å². The average molecular weight is 415 g/mol. The lowest BCUT2D eigenvalue weighted by molar-refractivity contribution is 0.103. The van der Waals surface area contributed by atoms with Crippen LogP contribution >= 0.6 is 0 Å². The van der Waals surface area contributed by atoms with Crippen molar-refractivity contribution in [2.75, 3.05) is 40.8 Å². The highest BCUT2D eigenvalue weighted by Crippen LogP contribution is 2.47. The van der Waals surface area contributed by atoms with E-state index in [1.165, 1.54) is 28.4 Å². The first-order valence-electron chi connectivity index (χ1n) is 9.60. The molecule has 7 nitrogen and oxygen atoms in total. The maximum absolute atomic E-state index is 13.2. The molecule has 0 fully saturated rings. The minimum atomic E-state index is -0.130. The normalized spacial score (nSPS) is 11.1. The van der Waals surface area contributed by atoms with Gasteiger partial charge in [-0.2, -0.15) is 0 Å². The first kappa shape index (κ1) is 22.9. The third kappa shape index (κ3) is 4.62. The summed E-state index contributed by atoms with van der Waals surface area (Å²) in [6.07, 6.45) is 2.27. The Morgan fingerprint density at radius 1 is 0.900 bits per heavy atom. The maximum atomic E-state index is 13.2. The largest absolute Gasteiger partial charge is 0.493 e. The van der Waals surface area contributed by atoms with Crippen LogP contribution in [0.1, 0.15) is 36.2 Å². The van der Waals surface area contributed by atoms with E-state index in [-0.39, 0.29) is 5.78 Å². The fourth-order valence-corrected chi connectivity index (χ4v) is 3.12. The van der Waals surface area contributed by atoms with Crippen molar-refractivity contribution in [3.05, 3.63) is 41.0 Å². The van der Waals surface area contributed by atoms with E-state index in [0.29, 0.717) is 64.2 Å². The van der Waals surface area contributed by atoms with Gasteiger partial charge in [-0.15, -0.1) is 0 Å². The molecular formula is C23H29NO6. The summed E-state index contributed by atoms with van der Waals surface area (Å²) < 4.78 is 27.4. The number of nitrogen functional groups attached to an aromatic ring is 1. The number of methoxy groups -OCH3 is 4. The van der Waals surface area contributed by atoms with E-state index in [1.54, 1.807) is 30.3 Å². The molecule has 0 aromatic heterocycles. The van der Waals surface area contributed by atoms with Gasteiger partial charge in [0.05, 0.1) is 40.7 Å². The van der Waals surface area contributed by atoms with E-state index in [0.717, 1.165) is 0 Å². The molecule has 2 N–H and O–H groups in total. The molecular weight excluding hydrogens is 386 g/mol. The highest BCUT2D eigenvalue weighted by molar-refractivity contribution is 6.12. The Kier molecular flexibility index (Phi) is 7.98. The predicted molar refractivity (Wildman–Crippen MR) is 117 cm³/mol. The van der Waals surface area contributed by atoms with E-state index in [1.807, 2.05) is 13.8 Å². The van der Waals surface area contributed by atoms with E-state index in [4.69, 9.17) is 29.4 Å². The van der Waals surface area contributed by atoms with Crippen molar-refractivity contribution in [1.29, 1.82) is 0 Å². The van der Waals surface area contributed by atoms with Crippen LogP contribution in [0.5, 0.6) is 28.7 Å². The lowest BCUT2D eigenvalue weighted by Crippen LogP contribution is -2.06. The number of allylic oxidation sites excluding steroid dienone is 1. The van der Waals surface area contributed by atoms with Gasteiger partial charge in [-0.05, 0) is 43.7 Å². The Balaban J connectivity index is 2.59. The second-order valence-electron chi connectivity index (χ2n) is 6.31. The number of Topliss-reactive ketones (excluding diaryl/α,β-unsaturated/α-hetero) is 1. The van der Waals surface area contributed by atoms with Crippen LogP contribution in [0.3, 0.4) is 0 Å². The summed E-state index contributed by atoms with van der Waals surface area (Å²) in [6, 6.07) is 6.77. The highest BCUT2D eigenvalue weighted by atomic mass is 16.5. The molecule has 162 valence electrons. The summed E-state index contributed by atoms with van der Waals surface area (Å²) in [7, 11) is 6.10. The second kappa shape index (κ2) is 10.4. The number of hydrogen-bond donors (Lipinski definition) is 1. The molecule has 2 aromatic rings. The minimum Gasteiger partial charge on any atom is -0.493 e. The van der Waals surface area contributed by atoms with Gasteiger partial charge < -0.3 is 29.4 Å². The molecule has 0 radical (unpaired) electrons. The molecule has 0 aliphatic heterocycles. The van der Waals surface area contributed by atoms with Crippen molar-refractivity contribution in [3.8, 4) is 28.7 Å². The van der Waals surface area contributed by atoms with Gasteiger partial charge in [0.1, 0.15) is 5.75 Å². The van der Waals surface area contributed by atoms with Crippen molar-refractivity contribution in [2.24, 2.45) is 0 Å². The van der Waals surface area contributed by atoms with E-state index >= 15 is 0 Å². The lowest BCUT2D eigenvalue weighted by atomic mass is 9.98. The van der Waals surface area contributed by atoms with Crippen LogP contribution in [-0.2, 0) is 0 Å². The zero-order valence-corrected chi connectivity index (χ0v) is 18.3. The van der Waals surface area contributed by atoms with Gasteiger partial charge in [0.15, 0.2) is 17.3 Å². The minimum absolute atomic E-state index is 0.130. The molecule has 7 heteroatoms. The van der Waals surface area contributed by atoms with Crippen LogP contribution in [0.4, 0.5) is 5.69 Å². The lowest BCUT2D eigenvalue weighted by Gasteiger charge is -2.18. The molecule has 0 saturated carbocycles. The molecule has 0 saturated heterocycles. The topological polar surface area (TPSA) is 89.2 Å². The van der Waals surface area contributed by atoms with Gasteiger partial charge >= 0.3 is 0 Å². The van der Waals surface area contributed by atoms with Crippen LogP contribution in [0, 0.1) is 0 Å². The molecule has 0 amide bonds. The quantitative estimate of drug-likeness (QED) is 0.350. The molecule has 0 bridgehead atoms. The summed E-state index contributed by atoms with van der Waals surface area (Å²) in [5, 5.41) is 0. The van der Waals surface area contributed by atoms with Crippen LogP contribution in [0.25, 0.3) is 6.08 Å². The van der Waals surface area contributed by atoms with E-state index in [9.17, 15) is 4.79 Å². The molecule has 2 rings (SSSR count). The molecule has 0 aliphatic carbocycles. The van der Waals surface area contributed by atoms with Gasteiger partial charge in [0.25, 0.3) is 0 Å². The predicted octanol–water partition coefficient (Wildman–Crippen LogP) is 4.38. The highest BCUT2D eigenvalue weighted by Gasteiger charge is 2.22. The SMILES string of the molecule is CCOc1cc(C(=O)C(=Cc2cc(OC)c(OC)c(OC)c2OC)CC)ccc1N. The van der Waals surface area contributed by atoms with Crippen LogP contribution < -0.4 is 29.4 Å². The average Bonchev–Trinajstić information content (AvgIpc) is 2.77. The zero-order chi connectivity index (χ0) is 22.3. The van der Waals surface area contributed by atoms with E-state index < -0.39 is 0 Å². The maximum Gasteiger partial charge on any atom is 0.207 e. The number of ether oxygens (including phenoxy) is 5. The Morgan fingerprint density at radius 2 is 1.57 bits per heavy atom. The number of nitrogens with two attached hydrogens (primary N) is 1. The van der Waals surface area contributed by atoms with Crippen molar-refractivity contribution >= 4 is 17.5 Å². The zero-order valence-electron chi connectivity index (χ0n) is 18.3. The molecule has 0 unspecified atom stereocenters. The van der Waals surface area contributed by atoms with Crippen molar-refractivity contribution in [1.82, 2.24) is 0 Å². The second-order valence-corrected chi connectivity index (χ2v) is 6.31. The van der Waals surface area contributed by atoms with Crippen LogP contribution in [0.15, 0.2) is 29.8 Å². The van der Waals surface area contributed by atoms with Gasteiger partial charge in [-0.1, -0.05) is 6.92 Å². The smallest absolute Gasteiger partial charge is 0.207 e. The van der Waals surface area contributed by atoms with Gasteiger partial charge in [0, 0.05) is 16.7 Å². The van der Waals surface area contributed by atoms with E-state index in [2.05, 4.69) is 0 Å². The van der Waals surface area contributed by atoms with Gasteiger partial charge in [-0.3, -0.25) is 4.79 Å². The molecule has 0 atom stereocenters. The third-order valence-electron chi connectivity index (χ3n) is 4.60. The van der Waals surface area contributed by atoms with Crippen molar-refractivity contribution < 1.29 is 28.5 Å². The molecule has 30 heavy (non-hydrogen) atoms. The first-order valence-corrected chi connectivity index (χ1v) is 9.60. The number of anilines is 1. The molecule has 0 spiro atoms. The first-order chi connectivity index (χ1) is 14.4. The number of carbonyl (C=O) groups excluding carboxylic acids is 1. The Hall–Kier alpha value is -3.35. The number of hydrogen-bond acceptors (Lipinski definition) is 7. The Morgan fingerprint density at radius 3 is 2.10 bits per heavy atom.